The first-order chi connectivity index (χ1) is 11.2. The maximum absolute atomic E-state index is 6.05. The number of nitrogens with two attached hydrogens (primary N) is 1. The van der Waals surface area contributed by atoms with E-state index < -0.39 is 0 Å². The number of nitrogens with zero attached hydrogens (tertiary/aromatic N) is 2. The van der Waals surface area contributed by atoms with Gasteiger partial charge in [0.05, 0.1) is 19.8 Å². The molecule has 0 amide bonds. The molecule has 1 unspecified atom stereocenters. The number of nitrogens with one attached hydrogen (secondary N) is 1. The Balaban J connectivity index is 1.90. The van der Waals surface area contributed by atoms with Crippen molar-refractivity contribution < 1.29 is 9.47 Å². The summed E-state index contributed by atoms with van der Waals surface area (Å²) in [4.78, 5) is 6.95. The molecule has 0 saturated carbocycles. The lowest BCUT2D eigenvalue weighted by Crippen LogP contribution is -2.35. The van der Waals surface area contributed by atoms with Crippen molar-refractivity contribution in [1.82, 2.24) is 4.90 Å². The smallest absolute Gasteiger partial charge is 0.193 e. The second-order valence-electron chi connectivity index (χ2n) is 5.77. The van der Waals surface area contributed by atoms with E-state index in [-0.39, 0.29) is 0 Å². The molecule has 128 valence electrons. The fraction of sp³-hybridized carbons (Fsp3) is 0.588. The number of anilines is 1. The minimum atomic E-state index is 0.451. The summed E-state index contributed by atoms with van der Waals surface area (Å²) in [6.07, 6.45) is 2.38. The van der Waals surface area contributed by atoms with Crippen molar-refractivity contribution >= 4 is 11.6 Å². The Morgan fingerprint density at radius 2 is 2.17 bits per heavy atom. The van der Waals surface area contributed by atoms with E-state index in [4.69, 9.17) is 15.2 Å². The fourth-order valence-electron chi connectivity index (χ4n) is 2.91. The number of methoxy groups -OCH3 is 2. The van der Waals surface area contributed by atoms with Gasteiger partial charge in [-0.25, -0.2) is 0 Å². The summed E-state index contributed by atoms with van der Waals surface area (Å²) in [5.74, 6) is 0.451. The van der Waals surface area contributed by atoms with Gasteiger partial charge in [0.25, 0.3) is 0 Å². The van der Waals surface area contributed by atoms with Crippen LogP contribution in [0.15, 0.2) is 29.3 Å². The highest BCUT2D eigenvalue weighted by atomic mass is 16.5. The minimum absolute atomic E-state index is 0.451. The van der Waals surface area contributed by atoms with Gasteiger partial charge in [-0.1, -0.05) is 18.2 Å². The van der Waals surface area contributed by atoms with E-state index >= 15 is 0 Å². The lowest BCUT2D eigenvalue weighted by Gasteiger charge is -2.22. The summed E-state index contributed by atoms with van der Waals surface area (Å²) in [7, 11) is 3.42. The van der Waals surface area contributed by atoms with Crippen LogP contribution in [0, 0.1) is 0 Å². The molecular formula is C17H28N4O2. The number of benzene rings is 1. The molecule has 3 N–H and O–H groups in total. The Labute approximate surface area is 138 Å². The number of likely N-dealkylation sites (tertiary alicyclic amines) is 1. The second kappa shape index (κ2) is 9.50. The van der Waals surface area contributed by atoms with Crippen LogP contribution in [-0.4, -0.2) is 57.4 Å². The number of hydrogen-bond donors (Lipinski definition) is 2. The lowest BCUT2D eigenvalue weighted by molar-refractivity contribution is 0.143. The molecule has 0 spiro atoms. The molecule has 1 fully saturated rings. The molecule has 1 atom stereocenters. The molecule has 1 saturated heterocycles. The Hall–Kier alpha value is -1.63. The van der Waals surface area contributed by atoms with E-state index in [0.29, 0.717) is 18.6 Å². The molecule has 0 aromatic heterocycles. The summed E-state index contributed by atoms with van der Waals surface area (Å²) >= 11 is 0. The number of hydrogen-bond acceptors (Lipinski definition) is 4. The molecule has 1 aromatic rings. The number of guanidine groups is 1. The fourth-order valence-corrected chi connectivity index (χ4v) is 2.91. The Kier molecular flexibility index (Phi) is 7.32. The van der Waals surface area contributed by atoms with Crippen LogP contribution < -0.4 is 11.1 Å². The monoisotopic (exact) mass is 320 g/mol. The first-order valence-corrected chi connectivity index (χ1v) is 8.11. The molecule has 0 aliphatic carbocycles. The topological polar surface area (TPSA) is 72.1 Å². The van der Waals surface area contributed by atoms with Crippen molar-refractivity contribution in [3.63, 3.8) is 0 Å². The van der Waals surface area contributed by atoms with Gasteiger partial charge in [0.2, 0.25) is 0 Å². The quantitative estimate of drug-likeness (QED) is 0.563. The van der Waals surface area contributed by atoms with E-state index in [1.807, 2.05) is 24.3 Å². The zero-order valence-corrected chi connectivity index (χ0v) is 14.1. The molecular weight excluding hydrogens is 292 g/mol. The van der Waals surface area contributed by atoms with Crippen LogP contribution in [0.25, 0.3) is 0 Å². The molecule has 2 rings (SSSR count). The van der Waals surface area contributed by atoms with Gasteiger partial charge in [-0.2, -0.15) is 0 Å². The van der Waals surface area contributed by atoms with Crippen molar-refractivity contribution in [2.75, 3.05) is 45.8 Å². The Morgan fingerprint density at radius 3 is 2.96 bits per heavy atom. The second-order valence-corrected chi connectivity index (χ2v) is 5.77. The summed E-state index contributed by atoms with van der Waals surface area (Å²) in [6, 6.07) is 8.41. The van der Waals surface area contributed by atoms with Gasteiger partial charge in [0.15, 0.2) is 5.96 Å². The largest absolute Gasteiger partial charge is 0.383 e. The van der Waals surface area contributed by atoms with Crippen molar-refractivity contribution in [3.8, 4) is 0 Å². The summed E-state index contributed by atoms with van der Waals surface area (Å²) in [5.41, 5.74) is 8.06. The Bertz CT molecular complexity index is 507. The maximum Gasteiger partial charge on any atom is 0.193 e. The summed E-state index contributed by atoms with van der Waals surface area (Å²) < 4.78 is 10.4. The molecule has 6 heteroatoms. The van der Waals surface area contributed by atoms with Crippen LogP contribution in [0.1, 0.15) is 18.4 Å². The average Bonchev–Trinajstić information content (AvgIpc) is 3.00. The predicted molar refractivity (Wildman–Crippen MR) is 93.7 cm³/mol. The third kappa shape index (κ3) is 5.49. The number of para-hydroxylation sites is 1. The van der Waals surface area contributed by atoms with Crippen molar-refractivity contribution in [3.05, 3.63) is 29.8 Å². The SMILES string of the molecule is COCCN1CCCC1CN=C(N)Nc1ccccc1COC. The number of aliphatic imine (C=N–C) groups is 1. The van der Waals surface area contributed by atoms with Gasteiger partial charge in [-0.05, 0) is 25.5 Å². The van der Waals surface area contributed by atoms with Gasteiger partial charge >= 0.3 is 0 Å². The molecule has 1 aromatic carbocycles. The highest BCUT2D eigenvalue weighted by molar-refractivity contribution is 5.92. The lowest BCUT2D eigenvalue weighted by atomic mass is 10.2. The van der Waals surface area contributed by atoms with Crippen LogP contribution >= 0.6 is 0 Å². The van der Waals surface area contributed by atoms with Crippen molar-refractivity contribution in [2.24, 2.45) is 10.7 Å². The zero-order chi connectivity index (χ0) is 16.5. The third-order valence-electron chi connectivity index (χ3n) is 4.13. The molecule has 0 radical (unpaired) electrons. The highest BCUT2D eigenvalue weighted by Gasteiger charge is 2.23. The van der Waals surface area contributed by atoms with E-state index in [2.05, 4.69) is 15.2 Å². The molecule has 1 aliphatic rings. The normalized spacial score (nSPS) is 19.2. The van der Waals surface area contributed by atoms with E-state index in [9.17, 15) is 0 Å². The summed E-state index contributed by atoms with van der Waals surface area (Å²) in [5, 5.41) is 3.18. The van der Waals surface area contributed by atoms with Gasteiger partial charge in [-0.3, -0.25) is 9.89 Å². The van der Waals surface area contributed by atoms with Crippen molar-refractivity contribution in [2.45, 2.75) is 25.5 Å². The van der Waals surface area contributed by atoms with E-state index in [1.54, 1.807) is 14.2 Å². The van der Waals surface area contributed by atoms with Crippen LogP contribution in [0.5, 0.6) is 0 Å². The summed E-state index contributed by atoms with van der Waals surface area (Å²) in [6.45, 7) is 4.10. The van der Waals surface area contributed by atoms with E-state index in [1.165, 1.54) is 12.8 Å². The van der Waals surface area contributed by atoms with Gasteiger partial charge in [0, 0.05) is 38.1 Å². The minimum Gasteiger partial charge on any atom is -0.383 e. The Morgan fingerprint density at radius 1 is 1.35 bits per heavy atom. The molecule has 1 heterocycles. The van der Waals surface area contributed by atoms with Crippen LogP contribution in [0.3, 0.4) is 0 Å². The number of rotatable bonds is 8. The van der Waals surface area contributed by atoms with Gasteiger partial charge in [0.1, 0.15) is 0 Å². The molecule has 6 nitrogen and oxygen atoms in total. The number of ether oxygens (including phenoxy) is 2. The standard InChI is InChI=1S/C17H28N4O2/c1-22-11-10-21-9-5-7-15(21)12-19-17(18)20-16-8-4-3-6-14(16)13-23-2/h3-4,6,8,15H,5,7,9-13H2,1-2H3,(H3,18,19,20). The van der Waals surface area contributed by atoms with E-state index in [0.717, 1.165) is 37.5 Å². The van der Waals surface area contributed by atoms with Gasteiger partial charge < -0.3 is 20.5 Å². The van der Waals surface area contributed by atoms with Gasteiger partial charge in [-0.15, -0.1) is 0 Å². The predicted octanol–water partition coefficient (Wildman–Crippen LogP) is 1.67. The van der Waals surface area contributed by atoms with Crippen LogP contribution in [0.2, 0.25) is 0 Å². The first kappa shape index (κ1) is 17.7. The molecule has 23 heavy (non-hydrogen) atoms. The first-order valence-electron chi connectivity index (χ1n) is 8.11. The third-order valence-corrected chi connectivity index (χ3v) is 4.13. The molecule has 1 aliphatic heterocycles. The molecule has 0 bridgehead atoms. The highest BCUT2D eigenvalue weighted by Crippen LogP contribution is 2.18. The van der Waals surface area contributed by atoms with Crippen molar-refractivity contribution in [1.29, 1.82) is 0 Å². The van der Waals surface area contributed by atoms with Crippen LogP contribution in [-0.2, 0) is 16.1 Å². The van der Waals surface area contributed by atoms with Crippen LogP contribution in [0.4, 0.5) is 5.69 Å². The average molecular weight is 320 g/mol. The maximum atomic E-state index is 6.05. The zero-order valence-electron chi connectivity index (χ0n) is 14.1.